The molecule has 0 spiro atoms. The lowest BCUT2D eigenvalue weighted by Crippen LogP contribution is -2.07. The van der Waals surface area contributed by atoms with Crippen LogP contribution in [0.4, 0.5) is 0 Å². The smallest absolute Gasteiger partial charge is 0.363 e. The molecule has 0 aromatic heterocycles. The van der Waals surface area contributed by atoms with E-state index < -0.39 is 5.97 Å². The number of aliphatic imine (C=N–C) groups is 1. The Morgan fingerprint density at radius 1 is 1.17 bits per heavy atom. The minimum Gasteiger partial charge on any atom is -0.493 e. The molecular formula is C18H14ClNO3. The molecular weight excluding hydrogens is 314 g/mol. The van der Waals surface area contributed by atoms with Crippen LogP contribution in [0.15, 0.2) is 59.2 Å². The molecule has 0 saturated carbocycles. The topological polar surface area (TPSA) is 47.9 Å². The summed E-state index contributed by atoms with van der Waals surface area (Å²) in [5.74, 6) is 0.351. The molecule has 0 unspecified atom stereocenters. The van der Waals surface area contributed by atoms with Gasteiger partial charge in [0, 0.05) is 5.02 Å². The second kappa shape index (κ2) is 6.67. The molecule has 0 atom stereocenters. The van der Waals surface area contributed by atoms with E-state index in [1.165, 1.54) is 0 Å². The molecule has 2 aromatic carbocycles. The molecule has 0 radical (unpaired) electrons. The Morgan fingerprint density at radius 3 is 2.70 bits per heavy atom. The number of hydrogen-bond donors (Lipinski definition) is 0. The molecule has 0 N–H and O–H groups in total. The van der Waals surface area contributed by atoms with E-state index in [0.29, 0.717) is 28.5 Å². The molecule has 116 valence electrons. The highest BCUT2D eigenvalue weighted by atomic mass is 35.5. The van der Waals surface area contributed by atoms with Crippen molar-refractivity contribution >= 4 is 29.5 Å². The van der Waals surface area contributed by atoms with E-state index in [-0.39, 0.29) is 11.6 Å². The summed E-state index contributed by atoms with van der Waals surface area (Å²) in [6, 6.07) is 14.5. The van der Waals surface area contributed by atoms with E-state index in [4.69, 9.17) is 21.1 Å². The largest absolute Gasteiger partial charge is 0.493 e. The SMILES string of the molecule is CCOc1ccccc1C1=N/C(=C\c2ccccc2Cl)C(=O)O1. The first-order chi connectivity index (χ1) is 11.2. The highest BCUT2D eigenvalue weighted by molar-refractivity contribution is 6.32. The Bertz CT molecular complexity index is 811. The third-order valence-corrected chi connectivity index (χ3v) is 3.58. The number of nitrogens with zero attached hydrogens (tertiary/aromatic N) is 1. The Balaban J connectivity index is 1.98. The van der Waals surface area contributed by atoms with Crippen molar-refractivity contribution in [2.45, 2.75) is 6.92 Å². The van der Waals surface area contributed by atoms with Crippen LogP contribution in [0.25, 0.3) is 6.08 Å². The van der Waals surface area contributed by atoms with Gasteiger partial charge in [-0.3, -0.25) is 0 Å². The molecule has 5 heteroatoms. The first kappa shape index (κ1) is 15.3. The van der Waals surface area contributed by atoms with Gasteiger partial charge in [0.15, 0.2) is 5.70 Å². The van der Waals surface area contributed by atoms with Gasteiger partial charge in [0.1, 0.15) is 5.75 Å². The van der Waals surface area contributed by atoms with Crippen molar-refractivity contribution in [1.29, 1.82) is 0 Å². The number of ether oxygens (including phenoxy) is 2. The maximum absolute atomic E-state index is 12.1. The van der Waals surface area contributed by atoms with Crippen LogP contribution in [0.3, 0.4) is 0 Å². The molecule has 0 fully saturated rings. The van der Waals surface area contributed by atoms with Crippen LogP contribution in [-0.2, 0) is 9.53 Å². The summed E-state index contributed by atoms with van der Waals surface area (Å²) in [4.78, 5) is 16.3. The van der Waals surface area contributed by atoms with Crippen molar-refractivity contribution in [2.24, 2.45) is 4.99 Å². The van der Waals surface area contributed by atoms with E-state index in [2.05, 4.69) is 4.99 Å². The van der Waals surface area contributed by atoms with Gasteiger partial charge in [0.25, 0.3) is 0 Å². The molecule has 0 aliphatic carbocycles. The number of carbonyl (C=O) groups excluding carboxylic acids is 1. The standard InChI is InChI=1S/C18H14ClNO3/c1-2-22-16-10-6-4-8-13(16)17-20-15(18(21)23-17)11-12-7-3-5-9-14(12)19/h3-11H,2H2,1H3/b15-11-. The third-order valence-electron chi connectivity index (χ3n) is 3.24. The van der Waals surface area contributed by atoms with Gasteiger partial charge in [-0.25, -0.2) is 9.79 Å². The number of halogens is 1. The number of carbonyl (C=O) groups is 1. The summed E-state index contributed by atoms with van der Waals surface area (Å²) < 4.78 is 10.8. The lowest BCUT2D eigenvalue weighted by Gasteiger charge is -2.08. The van der Waals surface area contributed by atoms with Gasteiger partial charge in [0.2, 0.25) is 5.90 Å². The minimum atomic E-state index is -0.508. The van der Waals surface area contributed by atoms with Crippen LogP contribution in [0.2, 0.25) is 5.02 Å². The van der Waals surface area contributed by atoms with E-state index in [9.17, 15) is 4.79 Å². The van der Waals surface area contributed by atoms with Crippen molar-refractivity contribution in [3.05, 3.63) is 70.4 Å². The summed E-state index contributed by atoms with van der Waals surface area (Å²) in [5.41, 5.74) is 1.56. The van der Waals surface area contributed by atoms with E-state index >= 15 is 0 Å². The molecule has 2 aromatic rings. The van der Waals surface area contributed by atoms with Crippen molar-refractivity contribution in [3.8, 4) is 5.75 Å². The second-order valence-corrected chi connectivity index (χ2v) is 5.19. The van der Waals surface area contributed by atoms with Gasteiger partial charge in [-0.1, -0.05) is 41.9 Å². The molecule has 3 rings (SSSR count). The number of esters is 1. The quantitative estimate of drug-likeness (QED) is 0.628. The normalized spacial score (nSPS) is 15.5. The Kier molecular flexibility index (Phi) is 4.44. The lowest BCUT2D eigenvalue weighted by molar-refractivity contribution is -0.129. The number of cyclic esters (lactones) is 1. The minimum absolute atomic E-state index is 0.208. The summed E-state index contributed by atoms with van der Waals surface area (Å²) in [5, 5.41) is 0.547. The van der Waals surface area contributed by atoms with Gasteiger partial charge in [0.05, 0.1) is 12.2 Å². The third kappa shape index (κ3) is 3.27. The van der Waals surface area contributed by atoms with Crippen LogP contribution in [-0.4, -0.2) is 18.5 Å². The molecule has 0 amide bonds. The number of benzene rings is 2. The average molecular weight is 328 g/mol. The molecule has 1 aliphatic rings. The molecule has 1 aliphatic heterocycles. The number of para-hydroxylation sites is 1. The van der Waals surface area contributed by atoms with Crippen molar-refractivity contribution < 1.29 is 14.3 Å². The van der Waals surface area contributed by atoms with Gasteiger partial charge >= 0.3 is 5.97 Å². The predicted molar refractivity (Wildman–Crippen MR) is 89.7 cm³/mol. The molecule has 0 bridgehead atoms. The number of rotatable bonds is 4. The fourth-order valence-electron chi connectivity index (χ4n) is 2.19. The average Bonchev–Trinajstić information content (AvgIpc) is 2.91. The predicted octanol–water partition coefficient (Wildman–Crippen LogP) is 4.08. The van der Waals surface area contributed by atoms with Crippen LogP contribution < -0.4 is 4.74 Å². The molecule has 1 heterocycles. The monoisotopic (exact) mass is 327 g/mol. The zero-order valence-corrected chi connectivity index (χ0v) is 13.2. The van der Waals surface area contributed by atoms with E-state index in [1.54, 1.807) is 18.2 Å². The van der Waals surface area contributed by atoms with Crippen molar-refractivity contribution in [3.63, 3.8) is 0 Å². The summed E-state index contributed by atoms with van der Waals surface area (Å²) >= 11 is 6.11. The number of hydrogen-bond acceptors (Lipinski definition) is 4. The molecule has 4 nitrogen and oxygen atoms in total. The molecule has 0 saturated heterocycles. The highest BCUT2D eigenvalue weighted by Gasteiger charge is 2.26. The summed E-state index contributed by atoms with van der Waals surface area (Å²) in [7, 11) is 0. The Hall–Kier alpha value is -2.59. The van der Waals surface area contributed by atoms with Crippen LogP contribution in [0.5, 0.6) is 5.75 Å². The highest BCUT2D eigenvalue weighted by Crippen LogP contribution is 2.26. The first-order valence-electron chi connectivity index (χ1n) is 7.18. The zero-order valence-electron chi connectivity index (χ0n) is 12.5. The van der Waals surface area contributed by atoms with Crippen molar-refractivity contribution in [1.82, 2.24) is 0 Å². The van der Waals surface area contributed by atoms with Gasteiger partial charge < -0.3 is 9.47 Å². The lowest BCUT2D eigenvalue weighted by atomic mass is 10.2. The van der Waals surface area contributed by atoms with Crippen molar-refractivity contribution in [2.75, 3.05) is 6.61 Å². The maximum atomic E-state index is 12.1. The van der Waals surface area contributed by atoms with Gasteiger partial charge in [-0.15, -0.1) is 0 Å². The zero-order chi connectivity index (χ0) is 16.2. The second-order valence-electron chi connectivity index (χ2n) is 4.79. The van der Waals surface area contributed by atoms with Crippen LogP contribution in [0.1, 0.15) is 18.1 Å². The fourth-order valence-corrected chi connectivity index (χ4v) is 2.38. The first-order valence-corrected chi connectivity index (χ1v) is 7.56. The van der Waals surface area contributed by atoms with Crippen LogP contribution in [0, 0.1) is 0 Å². The van der Waals surface area contributed by atoms with Gasteiger partial charge in [-0.05, 0) is 36.8 Å². The van der Waals surface area contributed by atoms with Crippen LogP contribution >= 0.6 is 11.6 Å². The Morgan fingerprint density at radius 2 is 1.91 bits per heavy atom. The van der Waals surface area contributed by atoms with E-state index in [0.717, 1.165) is 0 Å². The maximum Gasteiger partial charge on any atom is 0.363 e. The van der Waals surface area contributed by atoms with Gasteiger partial charge in [-0.2, -0.15) is 0 Å². The summed E-state index contributed by atoms with van der Waals surface area (Å²) in [6.45, 7) is 2.41. The van der Waals surface area contributed by atoms with E-state index in [1.807, 2.05) is 43.3 Å². The Labute approximate surface area is 139 Å². The molecule has 23 heavy (non-hydrogen) atoms. The fraction of sp³-hybridized carbons (Fsp3) is 0.111. The summed E-state index contributed by atoms with van der Waals surface area (Å²) in [6.07, 6.45) is 1.61.